The van der Waals surface area contributed by atoms with Crippen LogP contribution in [0, 0.1) is 0 Å². The molecule has 0 saturated carbocycles. The van der Waals surface area contributed by atoms with E-state index >= 15 is 0 Å². The fourth-order valence-corrected chi connectivity index (χ4v) is 3.17. The number of ketones is 1. The van der Waals surface area contributed by atoms with Gasteiger partial charge in [-0.2, -0.15) is 0 Å². The molecule has 1 atom stereocenters. The maximum atomic E-state index is 12.3. The molecule has 23 heavy (non-hydrogen) atoms. The first-order chi connectivity index (χ1) is 11.2. The van der Waals surface area contributed by atoms with Crippen molar-refractivity contribution in [2.24, 2.45) is 0 Å². The highest BCUT2D eigenvalue weighted by molar-refractivity contribution is 5.97. The van der Waals surface area contributed by atoms with Gasteiger partial charge >= 0.3 is 0 Å². The largest absolute Gasteiger partial charge is 0.294 e. The minimum absolute atomic E-state index is 0.218. The van der Waals surface area contributed by atoms with Gasteiger partial charge in [0.25, 0.3) is 0 Å². The lowest BCUT2D eigenvalue weighted by molar-refractivity contribution is 0.0788. The van der Waals surface area contributed by atoms with Crippen LogP contribution < -0.4 is 0 Å². The molecular formula is C20H24N2O. The van der Waals surface area contributed by atoms with Crippen molar-refractivity contribution in [3.63, 3.8) is 0 Å². The lowest BCUT2D eigenvalue weighted by atomic mass is 10.1. The zero-order valence-corrected chi connectivity index (χ0v) is 13.7. The van der Waals surface area contributed by atoms with Gasteiger partial charge in [-0.15, -0.1) is 0 Å². The Morgan fingerprint density at radius 1 is 0.913 bits per heavy atom. The van der Waals surface area contributed by atoms with E-state index < -0.39 is 0 Å². The maximum Gasteiger partial charge on any atom is 0.176 e. The Balaban J connectivity index is 1.52. The van der Waals surface area contributed by atoms with Gasteiger partial charge in [0.2, 0.25) is 0 Å². The average Bonchev–Trinajstić information content (AvgIpc) is 2.63. The molecule has 3 heteroatoms. The molecule has 3 rings (SSSR count). The first-order valence-corrected chi connectivity index (χ1v) is 8.33. The third-order valence-electron chi connectivity index (χ3n) is 4.70. The molecule has 1 fully saturated rings. The number of nitrogens with zero attached hydrogens (tertiary/aromatic N) is 2. The number of carbonyl (C=O) groups excluding carboxylic acids is 1. The van der Waals surface area contributed by atoms with E-state index in [1.807, 2.05) is 30.3 Å². The van der Waals surface area contributed by atoms with Crippen molar-refractivity contribution in [3.8, 4) is 0 Å². The normalized spacial score (nSPS) is 17.8. The van der Waals surface area contributed by atoms with Crippen LogP contribution in [-0.2, 0) is 0 Å². The summed E-state index contributed by atoms with van der Waals surface area (Å²) in [5, 5.41) is 0. The van der Waals surface area contributed by atoms with Crippen molar-refractivity contribution >= 4 is 5.78 Å². The summed E-state index contributed by atoms with van der Waals surface area (Å²) in [4.78, 5) is 17.1. The Kier molecular flexibility index (Phi) is 5.21. The number of rotatable bonds is 5. The van der Waals surface area contributed by atoms with Crippen molar-refractivity contribution in [3.05, 3.63) is 71.8 Å². The zero-order valence-electron chi connectivity index (χ0n) is 13.7. The highest BCUT2D eigenvalue weighted by Gasteiger charge is 2.23. The van der Waals surface area contributed by atoms with Gasteiger partial charge in [0.15, 0.2) is 5.78 Å². The van der Waals surface area contributed by atoms with E-state index in [-0.39, 0.29) is 5.78 Å². The summed E-state index contributed by atoms with van der Waals surface area (Å²) in [6, 6.07) is 20.7. The number of carbonyl (C=O) groups is 1. The molecular weight excluding hydrogens is 284 g/mol. The number of hydrogen-bond acceptors (Lipinski definition) is 3. The summed E-state index contributed by atoms with van der Waals surface area (Å²) >= 11 is 0. The van der Waals surface area contributed by atoms with Crippen LogP contribution in [0.1, 0.15) is 28.9 Å². The van der Waals surface area contributed by atoms with Crippen LogP contribution in [0.15, 0.2) is 60.7 Å². The standard InChI is InChI=1S/C20H24N2O/c1-17(18-8-4-2-5-9-18)22-14-12-21(13-15-22)16-20(23)19-10-6-3-7-11-19/h2-11,17H,12-16H2,1H3. The lowest BCUT2D eigenvalue weighted by Crippen LogP contribution is -2.48. The van der Waals surface area contributed by atoms with E-state index in [2.05, 4.69) is 47.1 Å². The van der Waals surface area contributed by atoms with Gasteiger partial charge in [-0.05, 0) is 12.5 Å². The molecule has 2 aromatic carbocycles. The second-order valence-corrected chi connectivity index (χ2v) is 6.19. The monoisotopic (exact) mass is 308 g/mol. The first kappa shape index (κ1) is 15.9. The van der Waals surface area contributed by atoms with Crippen LogP contribution in [-0.4, -0.2) is 48.3 Å². The topological polar surface area (TPSA) is 23.6 Å². The number of hydrogen-bond donors (Lipinski definition) is 0. The van der Waals surface area contributed by atoms with Crippen LogP contribution in [0.4, 0.5) is 0 Å². The van der Waals surface area contributed by atoms with Crippen LogP contribution in [0.3, 0.4) is 0 Å². The highest BCUT2D eigenvalue weighted by Crippen LogP contribution is 2.21. The summed E-state index contributed by atoms with van der Waals surface area (Å²) in [7, 11) is 0. The molecule has 1 saturated heterocycles. The minimum atomic E-state index is 0.218. The molecule has 0 spiro atoms. The molecule has 1 heterocycles. The van der Waals surface area contributed by atoms with E-state index in [0.29, 0.717) is 12.6 Å². The van der Waals surface area contributed by atoms with Gasteiger partial charge in [0, 0.05) is 37.8 Å². The van der Waals surface area contributed by atoms with E-state index in [1.54, 1.807) is 0 Å². The third kappa shape index (κ3) is 4.06. The molecule has 0 bridgehead atoms. The highest BCUT2D eigenvalue weighted by atomic mass is 16.1. The van der Waals surface area contributed by atoms with Crippen molar-refractivity contribution < 1.29 is 4.79 Å². The predicted molar refractivity (Wildman–Crippen MR) is 93.6 cm³/mol. The summed E-state index contributed by atoms with van der Waals surface area (Å²) in [6.45, 7) is 6.72. The zero-order chi connectivity index (χ0) is 16.1. The van der Waals surface area contributed by atoms with Crippen LogP contribution in [0.5, 0.6) is 0 Å². The molecule has 0 aliphatic carbocycles. The van der Waals surface area contributed by atoms with E-state index in [9.17, 15) is 4.79 Å². The molecule has 2 aromatic rings. The van der Waals surface area contributed by atoms with Crippen LogP contribution in [0.2, 0.25) is 0 Å². The van der Waals surface area contributed by atoms with Gasteiger partial charge in [-0.1, -0.05) is 60.7 Å². The Bertz CT molecular complexity index is 619. The second-order valence-electron chi connectivity index (χ2n) is 6.19. The molecule has 3 nitrogen and oxygen atoms in total. The van der Waals surface area contributed by atoms with Crippen molar-refractivity contribution in [1.29, 1.82) is 0 Å². The molecule has 1 aliphatic heterocycles. The van der Waals surface area contributed by atoms with Gasteiger partial charge < -0.3 is 0 Å². The van der Waals surface area contributed by atoms with E-state index in [4.69, 9.17) is 0 Å². The van der Waals surface area contributed by atoms with Gasteiger partial charge in [0.1, 0.15) is 0 Å². The summed E-state index contributed by atoms with van der Waals surface area (Å²) in [6.07, 6.45) is 0. The van der Waals surface area contributed by atoms with Crippen molar-refractivity contribution in [1.82, 2.24) is 9.80 Å². The number of Topliss-reactive ketones (excluding diaryl/α,β-unsaturated/α-hetero) is 1. The maximum absolute atomic E-state index is 12.3. The Hall–Kier alpha value is -1.97. The van der Waals surface area contributed by atoms with Gasteiger partial charge in [-0.25, -0.2) is 0 Å². The molecule has 1 aliphatic rings. The minimum Gasteiger partial charge on any atom is -0.294 e. The van der Waals surface area contributed by atoms with Crippen molar-refractivity contribution in [2.75, 3.05) is 32.7 Å². The van der Waals surface area contributed by atoms with Crippen LogP contribution >= 0.6 is 0 Å². The smallest absolute Gasteiger partial charge is 0.176 e. The molecule has 120 valence electrons. The fraction of sp³-hybridized carbons (Fsp3) is 0.350. The predicted octanol–water partition coefficient (Wildman–Crippen LogP) is 3.25. The Labute approximate surface area is 138 Å². The number of piperazine rings is 1. The molecule has 0 radical (unpaired) electrons. The van der Waals surface area contributed by atoms with Gasteiger partial charge in [0.05, 0.1) is 6.54 Å². The quantitative estimate of drug-likeness (QED) is 0.792. The molecule has 0 N–H and O–H groups in total. The summed E-state index contributed by atoms with van der Waals surface area (Å²) < 4.78 is 0. The van der Waals surface area contributed by atoms with Gasteiger partial charge in [-0.3, -0.25) is 14.6 Å². The molecule has 1 unspecified atom stereocenters. The lowest BCUT2D eigenvalue weighted by Gasteiger charge is -2.38. The Morgan fingerprint density at radius 2 is 1.48 bits per heavy atom. The average molecular weight is 308 g/mol. The Morgan fingerprint density at radius 3 is 2.09 bits per heavy atom. The van der Waals surface area contributed by atoms with Crippen molar-refractivity contribution in [2.45, 2.75) is 13.0 Å². The SMILES string of the molecule is CC(c1ccccc1)N1CCN(CC(=O)c2ccccc2)CC1. The van der Waals surface area contributed by atoms with E-state index in [1.165, 1.54) is 5.56 Å². The van der Waals surface area contributed by atoms with E-state index in [0.717, 1.165) is 31.7 Å². The number of benzene rings is 2. The first-order valence-electron chi connectivity index (χ1n) is 8.33. The fourth-order valence-electron chi connectivity index (χ4n) is 3.17. The summed E-state index contributed by atoms with van der Waals surface area (Å²) in [5.41, 5.74) is 2.17. The molecule has 0 aromatic heterocycles. The molecule has 0 amide bonds. The third-order valence-corrected chi connectivity index (χ3v) is 4.70. The van der Waals surface area contributed by atoms with Crippen LogP contribution in [0.25, 0.3) is 0 Å². The summed E-state index contributed by atoms with van der Waals surface area (Å²) in [5.74, 6) is 0.218. The second kappa shape index (κ2) is 7.53.